The molecule has 0 amide bonds. The van der Waals surface area contributed by atoms with Gasteiger partial charge in [-0.3, -0.25) is 4.79 Å². The summed E-state index contributed by atoms with van der Waals surface area (Å²) in [6.45, 7) is 20.7. The van der Waals surface area contributed by atoms with Crippen LogP contribution in [0.3, 0.4) is 0 Å². The van der Waals surface area contributed by atoms with E-state index in [2.05, 4.69) is 72.9 Å². The second-order valence-corrected chi connectivity index (χ2v) is 14.1. The van der Waals surface area contributed by atoms with Crippen molar-refractivity contribution in [3.05, 3.63) is 65.8 Å². The first kappa shape index (κ1) is 37.7. The Morgan fingerprint density at radius 2 is 1.17 bits per heavy atom. The minimum atomic E-state index is -0.183. The Balaban J connectivity index is 2.69. The molecule has 1 aromatic rings. The van der Waals surface area contributed by atoms with Crippen LogP contribution in [0.25, 0.3) is 0 Å². The third kappa shape index (κ3) is 16.4. The summed E-state index contributed by atoms with van der Waals surface area (Å²) in [5.41, 5.74) is 3.86. The maximum absolute atomic E-state index is 12.8. The number of ether oxygens (including phenoxy) is 1. The molecule has 0 aromatic heterocycles. The molecule has 0 heterocycles. The van der Waals surface area contributed by atoms with Gasteiger partial charge in [0.2, 0.25) is 0 Å². The summed E-state index contributed by atoms with van der Waals surface area (Å²) in [5, 5.41) is 11.0. The number of hydrogen-bond acceptors (Lipinski definition) is 3. The molecule has 0 saturated heterocycles. The van der Waals surface area contributed by atoms with E-state index in [4.69, 9.17) is 4.74 Å². The molecule has 3 heteroatoms. The van der Waals surface area contributed by atoms with Crippen molar-refractivity contribution in [1.82, 2.24) is 0 Å². The molecular weight excluding hydrogens is 516 g/mol. The summed E-state index contributed by atoms with van der Waals surface area (Å²) in [4.78, 5) is 12.8. The smallest absolute Gasteiger partial charge is 0.306 e. The number of aromatic hydroxyl groups is 1. The average Bonchev–Trinajstić information content (AvgIpc) is 2.92. The first-order valence-corrected chi connectivity index (χ1v) is 16.8. The second kappa shape index (κ2) is 20.6. The van der Waals surface area contributed by atoms with E-state index < -0.39 is 0 Å². The summed E-state index contributed by atoms with van der Waals surface area (Å²) in [6, 6.07) is 4.13. The number of aryl methyl sites for hydroxylation is 1. The number of phenolic OH excluding ortho intramolecular Hbond substituents is 1. The number of hydrogen-bond donors (Lipinski definition) is 1. The van der Waals surface area contributed by atoms with Crippen molar-refractivity contribution in [2.24, 2.45) is 0 Å². The fourth-order valence-corrected chi connectivity index (χ4v) is 5.32. The number of benzene rings is 1. The van der Waals surface area contributed by atoms with Crippen molar-refractivity contribution < 1.29 is 14.6 Å². The van der Waals surface area contributed by atoms with Gasteiger partial charge in [-0.15, -0.1) is 13.2 Å². The molecule has 0 radical (unpaired) electrons. The minimum absolute atomic E-state index is 0.146. The third-order valence-corrected chi connectivity index (χ3v) is 8.02. The maximum atomic E-state index is 12.8. The summed E-state index contributed by atoms with van der Waals surface area (Å²) in [5.74, 6) is 0.233. The predicted octanol–water partition coefficient (Wildman–Crippen LogP) is 11.6. The molecule has 3 nitrogen and oxygen atoms in total. The van der Waals surface area contributed by atoms with Crippen molar-refractivity contribution in [2.75, 3.05) is 6.61 Å². The second-order valence-electron chi connectivity index (χ2n) is 14.1. The lowest BCUT2D eigenvalue weighted by Gasteiger charge is -2.28. The highest BCUT2D eigenvalue weighted by Crippen LogP contribution is 2.40. The normalized spacial score (nSPS) is 12.4. The Morgan fingerprint density at radius 1 is 0.714 bits per heavy atom. The Bertz CT molecular complexity index is 920. The van der Waals surface area contributed by atoms with E-state index in [1.165, 1.54) is 69.8 Å². The van der Waals surface area contributed by atoms with Gasteiger partial charge in [-0.25, -0.2) is 0 Å². The van der Waals surface area contributed by atoms with E-state index in [-0.39, 0.29) is 16.8 Å². The van der Waals surface area contributed by atoms with Crippen LogP contribution in [0.15, 0.2) is 49.1 Å². The van der Waals surface area contributed by atoms with Crippen LogP contribution in [0, 0.1) is 0 Å². The van der Waals surface area contributed by atoms with Crippen LogP contribution in [0.1, 0.15) is 161 Å². The zero-order valence-electron chi connectivity index (χ0n) is 28.3. The summed E-state index contributed by atoms with van der Waals surface area (Å²) >= 11 is 0. The zero-order valence-corrected chi connectivity index (χ0v) is 28.3. The quantitative estimate of drug-likeness (QED) is 0.0843. The molecule has 0 unspecified atom stereocenters. The van der Waals surface area contributed by atoms with Crippen LogP contribution in [0.5, 0.6) is 5.75 Å². The van der Waals surface area contributed by atoms with E-state index >= 15 is 0 Å². The van der Waals surface area contributed by atoms with E-state index in [1.54, 1.807) is 0 Å². The van der Waals surface area contributed by atoms with Crippen LogP contribution >= 0.6 is 0 Å². The standard InChI is InChI=1S/C39H64O3/c1-9-11-13-15-17-18-20-22-24-26-32(25-23-21-19-16-14-12-10-2)31-42-36(40)28-27-33-29-34(38(3,4)5)37(41)35(30-33)39(6,7)8/h9-10,26,29-30,41H,1-2,11-25,27-28,31H2,3-8H3/b32-26+. The van der Waals surface area contributed by atoms with E-state index in [1.807, 2.05) is 12.2 Å². The Morgan fingerprint density at radius 3 is 1.64 bits per heavy atom. The van der Waals surface area contributed by atoms with Gasteiger partial charge in [0.05, 0.1) is 0 Å². The highest BCUT2D eigenvalue weighted by Gasteiger charge is 2.26. The monoisotopic (exact) mass is 580 g/mol. The molecule has 0 fully saturated rings. The van der Waals surface area contributed by atoms with Crippen molar-refractivity contribution in [2.45, 2.75) is 162 Å². The lowest BCUT2D eigenvalue weighted by atomic mass is 9.78. The van der Waals surface area contributed by atoms with Gasteiger partial charge in [0.1, 0.15) is 12.4 Å². The third-order valence-electron chi connectivity index (χ3n) is 8.02. The van der Waals surface area contributed by atoms with Crippen LogP contribution in [0.4, 0.5) is 0 Å². The molecule has 0 bridgehead atoms. The largest absolute Gasteiger partial charge is 0.507 e. The van der Waals surface area contributed by atoms with Crippen molar-refractivity contribution in [3.8, 4) is 5.75 Å². The summed E-state index contributed by atoms with van der Waals surface area (Å²) in [7, 11) is 0. The molecule has 1 aromatic carbocycles. The maximum Gasteiger partial charge on any atom is 0.306 e. The van der Waals surface area contributed by atoms with Gasteiger partial charge in [-0.05, 0) is 90.9 Å². The van der Waals surface area contributed by atoms with Crippen molar-refractivity contribution >= 4 is 5.97 Å². The SMILES string of the molecule is C=CCCCCCCCC/C=C(\CCCCCCCC=C)COC(=O)CCc1cc(C(C)(C)C)c(O)c(C(C)(C)C)c1. The Labute approximate surface area is 259 Å². The van der Waals surface area contributed by atoms with Gasteiger partial charge in [0.25, 0.3) is 0 Å². The zero-order chi connectivity index (χ0) is 31.4. The number of esters is 1. The van der Waals surface area contributed by atoms with Gasteiger partial charge in [0, 0.05) is 6.42 Å². The molecule has 238 valence electrons. The first-order valence-electron chi connectivity index (χ1n) is 16.8. The molecule has 0 spiro atoms. The van der Waals surface area contributed by atoms with Gasteiger partial charge in [-0.2, -0.15) is 0 Å². The van der Waals surface area contributed by atoms with Crippen LogP contribution in [-0.2, 0) is 26.8 Å². The summed E-state index contributed by atoms with van der Waals surface area (Å²) < 4.78 is 5.81. The molecule has 0 saturated carbocycles. The van der Waals surface area contributed by atoms with Crippen LogP contribution < -0.4 is 0 Å². The molecule has 0 aliphatic rings. The number of rotatable bonds is 22. The van der Waals surface area contributed by atoms with Crippen molar-refractivity contribution in [3.63, 3.8) is 0 Å². The number of allylic oxidation sites excluding steroid dienone is 3. The van der Waals surface area contributed by atoms with E-state index in [9.17, 15) is 9.90 Å². The predicted molar refractivity (Wildman–Crippen MR) is 183 cm³/mol. The molecule has 1 N–H and O–H groups in total. The lowest BCUT2D eigenvalue weighted by molar-refractivity contribution is -0.142. The fourth-order valence-electron chi connectivity index (χ4n) is 5.32. The first-order chi connectivity index (χ1) is 19.9. The van der Waals surface area contributed by atoms with Crippen LogP contribution in [0.2, 0.25) is 0 Å². The molecule has 0 atom stereocenters. The number of carbonyl (C=O) groups excluding carboxylic acids is 1. The fraction of sp³-hybridized carbons (Fsp3) is 0.667. The van der Waals surface area contributed by atoms with Gasteiger partial charge < -0.3 is 9.84 Å². The van der Waals surface area contributed by atoms with Crippen LogP contribution in [-0.4, -0.2) is 17.7 Å². The van der Waals surface area contributed by atoms with E-state index in [0.717, 1.165) is 48.8 Å². The minimum Gasteiger partial charge on any atom is -0.507 e. The summed E-state index contributed by atoms with van der Waals surface area (Å²) in [6.07, 6.45) is 25.4. The van der Waals surface area contributed by atoms with E-state index in [0.29, 0.717) is 25.2 Å². The highest BCUT2D eigenvalue weighted by atomic mass is 16.5. The number of carbonyl (C=O) groups is 1. The number of phenols is 1. The highest BCUT2D eigenvalue weighted by molar-refractivity contribution is 5.70. The van der Waals surface area contributed by atoms with Gasteiger partial charge in [0.15, 0.2) is 0 Å². The topological polar surface area (TPSA) is 46.5 Å². The van der Waals surface area contributed by atoms with Crippen molar-refractivity contribution in [1.29, 1.82) is 0 Å². The molecule has 1 rings (SSSR count). The Hall–Kier alpha value is -2.29. The molecule has 42 heavy (non-hydrogen) atoms. The molecular formula is C39H64O3. The molecule has 0 aliphatic heterocycles. The Kier molecular flexibility index (Phi) is 18.5. The van der Waals surface area contributed by atoms with Gasteiger partial charge >= 0.3 is 5.97 Å². The lowest BCUT2D eigenvalue weighted by Crippen LogP contribution is -2.18. The van der Waals surface area contributed by atoms with Gasteiger partial charge in [-0.1, -0.05) is 117 Å². The number of unbranched alkanes of at least 4 members (excludes halogenated alkanes) is 12. The average molecular weight is 581 g/mol. The molecule has 0 aliphatic carbocycles.